The van der Waals surface area contributed by atoms with Gasteiger partial charge in [0.1, 0.15) is 11.5 Å². The van der Waals surface area contributed by atoms with E-state index in [2.05, 4.69) is 33.4 Å². The summed E-state index contributed by atoms with van der Waals surface area (Å²) in [6.45, 7) is 0.554. The van der Waals surface area contributed by atoms with E-state index >= 15 is 0 Å². The molecule has 0 heterocycles. The number of nitro benzene ring substituents is 1. The van der Waals surface area contributed by atoms with Gasteiger partial charge in [-0.15, -0.1) is 0 Å². The number of hydrogen-bond acceptors (Lipinski definition) is 3. The van der Waals surface area contributed by atoms with Crippen LogP contribution in [-0.4, -0.2) is 11.5 Å². The van der Waals surface area contributed by atoms with Crippen LogP contribution in [0.5, 0.6) is 0 Å². The van der Waals surface area contributed by atoms with Crippen molar-refractivity contribution in [1.82, 2.24) is 0 Å². The monoisotopic (exact) mass is 350 g/mol. The summed E-state index contributed by atoms with van der Waals surface area (Å²) < 4.78 is 13.7. The van der Waals surface area contributed by atoms with Crippen LogP contribution < -0.4 is 5.32 Å². The van der Waals surface area contributed by atoms with Crippen molar-refractivity contribution in [2.24, 2.45) is 0 Å². The van der Waals surface area contributed by atoms with E-state index in [9.17, 15) is 14.5 Å². The molecule has 2 aromatic carbocycles. The average molecular weight is 351 g/mol. The Hall–Kier alpha value is -1.95. The highest BCUT2D eigenvalue weighted by molar-refractivity contribution is 9.10. The molecule has 4 nitrogen and oxygen atoms in total. The van der Waals surface area contributed by atoms with E-state index in [0.29, 0.717) is 12.5 Å². The molecule has 0 spiro atoms. The molecular weight excluding hydrogens is 339 g/mol. The Morgan fingerprint density at radius 3 is 2.86 bits per heavy atom. The molecule has 108 valence electrons. The number of hydrogen-bond donors (Lipinski definition) is 1. The van der Waals surface area contributed by atoms with E-state index in [-0.39, 0.29) is 15.8 Å². The molecule has 3 rings (SSSR count). The Morgan fingerprint density at radius 2 is 2.14 bits per heavy atom. The summed E-state index contributed by atoms with van der Waals surface area (Å²) in [5, 5.41) is 14.0. The van der Waals surface area contributed by atoms with Gasteiger partial charge in [-0.2, -0.15) is 0 Å². The number of halogens is 2. The lowest BCUT2D eigenvalue weighted by molar-refractivity contribution is -0.384. The van der Waals surface area contributed by atoms with Crippen LogP contribution in [0.3, 0.4) is 0 Å². The third-order valence-corrected chi connectivity index (χ3v) is 4.34. The number of nitro groups is 1. The minimum absolute atomic E-state index is 0.0914. The first-order valence-corrected chi connectivity index (χ1v) is 7.30. The smallest absolute Gasteiger partial charge is 0.293 e. The number of benzene rings is 2. The van der Waals surface area contributed by atoms with Gasteiger partial charge in [0, 0.05) is 24.6 Å². The van der Waals surface area contributed by atoms with Crippen molar-refractivity contribution < 1.29 is 9.31 Å². The molecule has 0 fully saturated rings. The first-order valence-electron chi connectivity index (χ1n) is 6.51. The fourth-order valence-electron chi connectivity index (χ4n) is 2.61. The summed E-state index contributed by atoms with van der Waals surface area (Å²) in [4.78, 5) is 10.5. The molecule has 2 aromatic rings. The standard InChI is InChI=1S/C15H12BrFN2O2/c16-12-6-15(19(20)21)14(7-13(12)17)18-8-10-5-9-3-1-2-4-11(9)10/h1-4,6-7,10,18H,5,8H2. The maximum Gasteiger partial charge on any atom is 0.293 e. The number of nitrogens with zero attached hydrogens (tertiary/aromatic N) is 1. The predicted octanol–water partition coefficient (Wildman–Crippen LogP) is 4.25. The summed E-state index contributed by atoms with van der Waals surface area (Å²) in [5.41, 5.74) is 2.65. The zero-order valence-corrected chi connectivity index (χ0v) is 12.6. The zero-order valence-electron chi connectivity index (χ0n) is 11.0. The molecule has 1 aliphatic carbocycles. The van der Waals surface area contributed by atoms with Crippen LogP contribution in [0.15, 0.2) is 40.9 Å². The SMILES string of the molecule is O=[N+]([O-])c1cc(Br)c(F)cc1NCC1Cc2ccccc21. The van der Waals surface area contributed by atoms with Crippen molar-refractivity contribution in [3.8, 4) is 0 Å². The van der Waals surface area contributed by atoms with Gasteiger partial charge >= 0.3 is 0 Å². The first-order chi connectivity index (χ1) is 10.1. The third-order valence-electron chi connectivity index (χ3n) is 3.74. The quantitative estimate of drug-likeness (QED) is 0.662. The molecule has 0 bridgehead atoms. The van der Waals surface area contributed by atoms with E-state index in [1.807, 2.05) is 12.1 Å². The average Bonchev–Trinajstić information content (AvgIpc) is 2.43. The number of anilines is 1. The van der Waals surface area contributed by atoms with Crippen molar-refractivity contribution in [2.75, 3.05) is 11.9 Å². The van der Waals surface area contributed by atoms with Gasteiger partial charge in [-0.05, 0) is 33.5 Å². The second-order valence-electron chi connectivity index (χ2n) is 5.02. The Morgan fingerprint density at radius 1 is 1.38 bits per heavy atom. The van der Waals surface area contributed by atoms with Crippen LogP contribution in [0.2, 0.25) is 0 Å². The maximum atomic E-state index is 13.6. The Bertz CT molecular complexity index is 721. The topological polar surface area (TPSA) is 55.2 Å². The first kappa shape index (κ1) is 14.0. The van der Waals surface area contributed by atoms with Gasteiger partial charge in [-0.1, -0.05) is 24.3 Å². The number of fused-ring (bicyclic) bond motifs is 1. The predicted molar refractivity (Wildman–Crippen MR) is 82.1 cm³/mol. The highest BCUT2D eigenvalue weighted by Gasteiger charge is 2.26. The second-order valence-corrected chi connectivity index (χ2v) is 5.88. The van der Waals surface area contributed by atoms with E-state index in [0.717, 1.165) is 12.5 Å². The Balaban J connectivity index is 1.77. The largest absolute Gasteiger partial charge is 0.379 e. The van der Waals surface area contributed by atoms with Gasteiger partial charge in [0.2, 0.25) is 0 Å². The van der Waals surface area contributed by atoms with Crippen molar-refractivity contribution in [2.45, 2.75) is 12.3 Å². The summed E-state index contributed by atoms with van der Waals surface area (Å²) >= 11 is 2.97. The van der Waals surface area contributed by atoms with Crippen LogP contribution >= 0.6 is 15.9 Å². The Kier molecular flexibility index (Phi) is 3.63. The van der Waals surface area contributed by atoms with E-state index < -0.39 is 10.7 Å². The van der Waals surface area contributed by atoms with Crippen molar-refractivity contribution in [3.63, 3.8) is 0 Å². The highest BCUT2D eigenvalue weighted by Crippen LogP contribution is 2.36. The molecule has 1 N–H and O–H groups in total. The van der Waals surface area contributed by atoms with Crippen LogP contribution in [0, 0.1) is 15.9 Å². The van der Waals surface area contributed by atoms with Crippen molar-refractivity contribution in [3.05, 3.63) is 67.9 Å². The van der Waals surface area contributed by atoms with Gasteiger partial charge in [-0.3, -0.25) is 10.1 Å². The summed E-state index contributed by atoms with van der Waals surface area (Å²) in [6, 6.07) is 10.5. The molecule has 0 saturated heterocycles. The molecule has 0 aromatic heterocycles. The minimum atomic E-state index is -0.517. The van der Waals surface area contributed by atoms with Crippen LogP contribution in [0.4, 0.5) is 15.8 Å². The molecule has 1 atom stereocenters. The lowest BCUT2D eigenvalue weighted by Gasteiger charge is -2.30. The molecule has 0 aliphatic heterocycles. The summed E-state index contributed by atoms with van der Waals surface area (Å²) in [7, 11) is 0. The molecule has 6 heteroatoms. The molecule has 0 saturated carbocycles. The van der Waals surface area contributed by atoms with E-state index in [1.165, 1.54) is 17.2 Å². The zero-order chi connectivity index (χ0) is 15.0. The van der Waals surface area contributed by atoms with Crippen LogP contribution in [0.25, 0.3) is 0 Å². The fourth-order valence-corrected chi connectivity index (χ4v) is 2.94. The minimum Gasteiger partial charge on any atom is -0.379 e. The lowest BCUT2D eigenvalue weighted by Crippen LogP contribution is -2.24. The number of nitrogens with one attached hydrogen (secondary N) is 1. The maximum absolute atomic E-state index is 13.6. The third kappa shape index (κ3) is 2.63. The molecule has 1 unspecified atom stereocenters. The van der Waals surface area contributed by atoms with Gasteiger partial charge in [0.25, 0.3) is 5.69 Å². The van der Waals surface area contributed by atoms with Gasteiger partial charge < -0.3 is 5.32 Å². The van der Waals surface area contributed by atoms with E-state index in [4.69, 9.17) is 0 Å². The fraction of sp³-hybridized carbons (Fsp3) is 0.200. The van der Waals surface area contributed by atoms with Crippen molar-refractivity contribution in [1.29, 1.82) is 0 Å². The van der Waals surface area contributed by atoms with Crippen molar-refractivity contribution >= 4 is 27.3 Å². The Labute approximate surface area is 129 Å². The summed E-state index contributed by atoms with van der Waals surface area (Å²) in [5.74, 6) is -0.204. The van der Waals surface area contributed by atoms with Gasteiger partial charge in [0.05, 0.1) is 9.40 Å². The normalized spacial score (nSPS) is 16.0. The number of rotatable bonds is 4. The van der Waals surface area contributed by atoms with E-state index in [1.54, 1.807) is 0 Å². The molecular formula is C15H12BrFN2O2. The van der Waals surface area contributed by atoms with Crippen LogP contribution in [0.1, 0.15) is 17.0 Å². The second kappa shape index (κ2) is 5.44. The van der Waals surface area contributed by atoms with Crippen LogP contribution in [-0.2, 0) is 6.42 Å². The lowest BCUT2D eigenvalue weighted by atomic mass is 9.77. The summed E-state index contributed by atoms with van der Waals surface area (Å²) in [6.07, 6.45) is 0.940. The molecule has 1 aliphatic rings. The van der Waals surface area contributed by atoms with Gasteiger partial charge in [0.15, 0.2) is 0 Å². The highest BCUT2D eigenvalue weighted by atomic mass is 79.9. The van der Waals surface area contributed by atoms with Gasteiger partial charge in [-0.25, -0.2) is 4.39 Å². The molecule has 0 amide bonds. The molecule has 0 radical (unpaired) electrons. The molecule has 21 heavy (non-hydrogen) atoms.